The van der Waals surface area contributed by atoms with Gasteiger partial charge in [-0.15, -0.1) is 5.10 Å². The van der Waals surface area contributed by atoms with E-state index in [2.05, 4.69) is 30.8 Å². The molecule has 1 aromatic carbocycles. The topological polar surface area (TPSA) is 54.9 Å². The van der Waals surface area contributed by atoms with Gasteiger partial charge < -0.3 is 5.32 Å². The molecule has 1 unspecified atom stereocenters. The lowest BCUT2D eigenvalue weighted by Gasteiger charge is -2.29. The van der Waals surface area contributed by atoms with Crippen LogP contribution in [-0.4, -0.2) is 20.8 Å². The Hall–Kier alpha value is -1.27. The maximum atomic E-state index is 12.3. The Balaban J connectivity index is 2.25. The summed E-state index contributed by atoms with van der Waals surface area (Å²) in [7, 11) is 0. The molecule has 19 heavy (non-hydrogen) atoms. The molecule has 1 amide bonds. The molecular weight excluding hydrogens is 326 g/mol. The van der Waals surface area contributed by atoms with E-state index in [1.807, 2.05) is 37.3 Å². The Morgan fingerprint density at radius 2 is 2.11 bits per heavy atom. The molecule has 0 aliphatic heterocycles. The highest BCUT2D eigenvalue weighted by atomic mass is 79.9. The van der Waals surface area contributed by atoms with Gasteiger partial charge in [0.2, 0.25) is 0 Å². The minimum atomic E-state index is -0.464. The molecule has 1 N–H and O–H groups in total. The zero-order chi connectivity index (χ0) is 13.9. The fraction of sp³-hybridized carbons (Fsp3) is 0.308. The molecule has 1 aromatic heterocycles. The first-order valence-electron chi connectivity index (χ1n) is 5.80. The molecule has 6 heteroatoms. The van der Waals surface area contributed by atoms with E-state index in [4.69, 9.17) is 0 Å². The highest BCUT2D eigenvalue weighted by Crippen LogP contribution is 2.24. The van der Waals surface area contributed by atoms with Crippen LogP contribution < -0.4 is 5.32 Å². The third kappa shape index (κ3) is 3.01. The number of nitrogens with zero attached hydrogens (tertiary/aromatic N) is 2. The van der Waals surface area contributed by atoms with E-state index in [-0.39, 0.29) is 5.91 Å². The number of benzene rings is 1. The number of halogens is 1. The second-order valence-corrected chi connectivity index (χ2v) is 5.79. The van der Waals surface area contributed by atoms with E-state index in [9.17, 15) is 4.79 Å². The van der Waals surface area contributed by atoms with E-state index in [0.29, 0.717) is 15.9 Å². The fourth-order valence-corrected chi connectivity index (χ4v) is 2.75. The van der Waals surface area contributed by atoms with E-state index in [1.165, 1.54) is 0 Å². The van der Waals surface area contributed by atoms with Crippen LogP contribution in [0.25, 0.3) is 0 Å². The minimum Gasteiger partial charge on any atom is -0.341 e. The van der Waals surface area contributed by atoms with Crippen molar-refractivity contribution in [1.82, 2.24) is 14.9 Å². The van der Waals surface area contributed by atoms with E-state index in [0.717, 1.165) is 17.1 Å². The van der Waals surface area contributed by atoms with Gasteiger partial charge in [0.25, 0.3) is 5.91 Å². The van der Waals surface area contributed by atoms with Crippen LogP contribution in [0.15, 0.2) is 30.3 Å². The number of hydrogen-bond donors (Lipinski definition) is 1. The summed E-state index contributed by atoms with van der Waals surface area (Å²) in [6.07, 6.45) is 0. The maximum Gasteiger partial charge on any atom is 0.265 e. The second kappa shape index (κ2) is 5.79. The number of carbonyl (C=O) groups is 1. The van der Waals surface area contributed by atoms with Crippen molar-refractivity contribution < 1.29 is 4.79 Å². The monoisotopic (exact) mass is 339 g/mol. The van der Waals surface area contributed by atoms with Gasteiger partial charge in [-0.1, -0.05) is 50.8 Å². The molecule has 0 saturated carbocycles. The first kappa shape index (κ1) is 14.1. The Labute approximate surface area is 124 Å². The van der Waals surface area contributed by atoms with Crippen molar-refractivity contribution in [3.05, 3.63) is 46.5 Å². The Bertz CT molecular complexity index is 572. The van der Waals surface area contributed by atoms with Crippen LogP contribution in [0.4, 0.5) is 0 Å². The molecule has 100 valence electrons. The van der Waals surface area contributed by atoms with E-state index < -0.39 is 5.54 Å². The molecule has 0 bridgehead atoms. The summed E-state index contributed by atoms with van der Waals surface area (Å²) in [5, 5.41) is 7.54. The minimum absolute atomic E-state index is 0.140. The SMILES string of the molecule is Cc1nnsc1C(=O)NC(C)(CBr)c1ccccc1. The summed E-state index contributed by atoms with van der Waals surface area (Å²) in [6.45, 7) is 3.77. The summed E-state index contributed by atoms with van der Waals surface area (Å²) < 4.78 is 3.79. The summed E-state index contributed by atoms with van der Waals surface area (Å²) in [4.78, 5) is 12.8. The normalized spacial score (nSPS) is 13.8. The van der Waals surface area contributed by atoms with Gasteiger partial charge in [0.1, 0.15) is 4.88 Å². The molecule has 0 saturated heterocycles. The van der Waals surface area contributed by atoms with Crippen molar-refractivity contribution in [1.29, 1.82) is 0 Å². The lowest BCUT2D eigenvalue weighted by Crippen LogP contribution is -2.44. The van der Waals surface area contributed by atoms with Gasteiger partial charge in [0.05, 0.1) is 11.2 Å². The van der Waals surface area contributed by atoms with Crippen LogP contribution in [0.1, 0.15) is 27.9 Å². The second-order valence-electron chi connectivity index (χ2n) is 4.47. The highest BCUT2D eigenvalue weighted by molar-refractivity contribution is 9.09. The highest BCUT2D eigenvalue weighted by Gasteiger charge is 2.29. The molecular formula is C13H14BrN3OS. The average molecular weight is 340 g/mol. The largest absolute Gasteiger partial charge is 0.341 e. The van der Waals surface area contributed by atoms with Crippen LogP contribution in [0.5, 0.6) is 0 Å². The maximum absolute atomic E-state index is 12.3. The lowest BCUT2D eigenvalue weighted by molar-refractivity contribution is 0.0917. The Kier molecular flexibility index (Phi) is 4.31. The van der Waals surface area contributed by atoms with Crippen molar-refractivity contribution in [2.24, 2.45) is 0 Å². The number of amides is 1. The average Bonchev–Trinajstić information content (AvgIpc) is 2.86. The van der Waals surface area contributed by atoms with E-state index >= 15 is 0 Å². The number of hydrogen-bond acceptors (Lipinski definition) is 4. The molecule has 4 nitrogen and oxygen atoms in total. The number of carbonyl (C=O) groups excluding carboxylic acids is 1. The van der Waals surface area contributed by atoms with E-state index in [1.54, 1.807) is 6.92 Å². The molecule has 0 spiro atoms. The summed E-state index contributed by atoms with van der Waals surface area (Å²) in [6, 6.07) is 9.87. The molecule has 2 rings (SSSR count). The molecule has 2 aromatic rings. The Morgan fingerprint density at radius 3 is 2.63 bits per heavy atom. The number of aromatic nitrogens is 2. The molecule has 1 atom stereocenters. The van der Waals surface area contributed by atoms with Crippen molar-refractivity contribution >= 4 is 33.4 Å². The van der Waals surface area contributed by atoms with Gasteiger partial charge in [0.15, 0.2) is 0 Å². The van der Waals surface area contributed by atoms with Crippen LogP contribution in [0.3, 0.4) is 0 Å². The van der Waals surface area contributed by atoms with Crippen LogP contribution in [0, 0.1) is 6.92 Å². The lowest BCUT2D eigenvalue weighted by atomic mass is 9.94. The molecule has 0 radical (unpaired) electrons. The van der Waals surface area contributed by atoms with Gasteiger partial charge in [-0.2, -0.15) is 0 Å². The predicted molar refractivity (Wildman–Crippen MR) is 79.7 cm³/mol. The van der Waals surface area contributed by atoms with Gasteiger partial charge in [0, 0.05) is 5.33 Å². The quantitative estimate of drug-likeness (QED) is 0.871. The predicted octanol–water partition coefficient (Wildman–Crippen LogP) is 2.89. The first-order valence-corrected chi connectivity index (χ1v) is 7.69. The zero-order valence-electron chi connectivity index (χ0n) is 10.7. The molecule has 0 aliphatic rings. The smallest absolute Gasteiger partial charge is 0.265 e. The zero-order valence-corrected chi connectivity index (χ0v) is 13.1. The Morgan fingerprint density at radius 1 is 1.42 bits per heavy atom. The molecule has 0 fully saturated rings. The number of rotatable bonds is 4. The number of nitrogens with one attached hydrogen (secondary N) is 1. The van der Waals surface area contributed by atoms with Crippen LogP contribution >= 0.6 is 27.5 Å². The summed E-state index contributed by atoms with van der Waals surface area (Å²) >= 11 is 4.59. The third-order valence-electron chi connectivity index (χ3n) is 2.93. The number of alkyl halides is 1. The standard InChI is InChI=1S/C13H14BrN3OS/c1-9-11(19-17-16-9)12(18)15-13(2,8-14)10-6-4-3-5-7-10/h3-7H,8H2,1-2H3,(H,15,18). The summed E-state index contributed by atoms with van der Waals surface area (Å²) in [5.74, 6) is -0.140. The first-order chi connectivity index (χ1) is 9.07. The third-order valence-corrected chi connectivity index (χ3v) is 4.87. The van der Waals surface area contributed by atoms with Gasteiger partial charge >= 0.3 is 0 Å². The molecule has 1 heterocycles. The van der Waals surface area contributed by atoms with Crippen LogP contribution in [0.2, 0.25) is 0 Å². The molecule has 0 aliphatic carbocycles. The number of aryl methyl sites for hydroxylation is 1. The van der Waals surface area contributed by atoms with Crippen molar-refractivity contribution in [3.8, 4) is 0 Å². The van der Waals surface area contributed by atoms with Crippen LogP contribution in [-0.2, 0) is 5.54 Å². The van der Waals surface area contributed by atoms with Gasteiger partial charge in [-0.05, 0) is 30.9 Å². The van der Waals surface area contributed by atoms with Gasteiger partial charge in [-0.3, -0.25) is 4.79 Å². The van der Waals surface area contributed by atoms with Gasteiger partial charge in [-0.25, -0.2) is 0 Å². The van der Waals surface area contributed by atoms with Crippen molar-refractivity contribution in [2.75, 3.05) is 5.33 Å². The fourth-order valence-electron chi connectivity index (χ4n) is 1.74. The van der Waals surface area contributed by atoms with Crippen molar-refractivity contribution in [2.45, 2.75) is 19.4 Å². The summed E-state index contributed by atoms with van der Waals surface area (Å²) in [5.41, 5.74) is 1.25. The van der Waals surface area contributed by atoms with Crippen molar-refractivity contribution in [3.63, 3.8) is 0 Å².